The van der Waals surface area contributed by atoms with Crippen molar-refractivity contribution in [3.63, 3.8) is 0 Å². The number of halogens is 3. The molecule has 1 heterocycles. The standard InChI is InChI=1S/C21H27F3N4O2S/c1-5-6-11-28-15(3)14(2)25-20(28)31-13-19(30)27(4)12-18(29)26-17-10-8-7-9-16(17)21(22,23)24/h7-10H,5-6,11-13H2,1-4H3,(H,26,29). The van der Waals surface area contributed by atoms with Crippen LogP contribution in [0.25, 0.3) is 0 Å². The Hall–Kier alpha value is -2.49. The number of unbranched alkanes of at least 4 members (excludes halogenated alkanes) is 1. The molecule has 1 aromatic carbocycles. The maximum absolute atomic E-state index is 13.1. The van der Waals surface area contributed by atoms with Crippen molar-refractivity contribution in [2.75, 3.05) is 24.7 Å². The minimum Gasteiger partial charge on any atom is -0.336 e. The Morgan fingerprint density at radius 3 is 2.55 bits per heavy atom. The van der Waals surface area contributed by atoms with Crippen LogP contribution >= 0.6 is 11.8 Å². The molecule has 170 valence electrons. The van der Waals surface area contributed by atoms with Crippen molar-refractivity contribution in [2.24, 2.45) is 0 Å². The number of rotatable bonds is 9. The van der Waals surface area contributed by atoms with Gasteiger partial charge < -0.3 is 14.8 Å². The van der Waals surface area contributed by atoms with Gasteiger partial charge in [-0.05, 0) is 32.4 Å². The Kier molecular flexibility index (Phi) is 8.55. The van der Waals surface area contributed by atoms with E-state index in [0.717, 1.165) is 42.0 Å². The van der Waals surface area contributed by atoms with Crippen molar-refractivity contribution in [2.45, 2.75) is 51.5 Å². The zero-order valence-corrected chi connectivity index (χ0v) is 18.9. The second-order valence-corrected chi connectivity index (χ2v) is 8.14. The largest absolute Gasteiger partial charge is 0.418 e. The number of carbonyl (C=O) groups excluding carboxylic acids is 2. The average Bonchev–Trinajstić information content (AvgIpc) is 2.97. The first-order valence-electron chi connectivity index (χ1n) is 9.91. The van der Waals surface area contributed by atoms with E-state index in [0.29, 0.717) is 0 Å². The normalized spacial score (nSPS) is 11.5. The lowest BCUT2D eigenvalue weighted by Crippen LogP contribution is -2.36. The second kappa shape index (κ2) is 10.7. The number of alkyl halides is 3. The molecule has 10 heteroatoms. The third kappa shape index (κ3) is 6.75. The summed E-state index contributed by atoms with van der Waals surface area (Å²) < 4.78 is 41.3. The van der Waals surface area contributed by atoms with E-state index in [2.05, 4.69) is 21.8 Å². The lowest BCUT2D eigenvalue weighted by Gasteiger charge is -2.18. The van der Waals surface area contributed by atoms with Gasteiger partial charge in [-0.25, -0.2) is 4.98 Å². The van der Waals surface area contributed by atoms with E-state index in [9.17, 15) is 22.8 Å². The molecule has 0 spiro atoms. The zero-order valence-electron chi connectivity index (χ0n) is 18.0. The number of aromatic nitrogens is 2. The Morgan fingerprint density at radius 2 is 1.90 bits per heavy atom. The highest BCUT2D eigenvalue weighted by Gasteiger charge is 2.33. The maximum atomic E-state index is 13.1. The fourth-order valence-corrected chi connectivity index (χ4v) is 3.94. The summed E-state index contributed by atoms with van der Waals surface area (Å²) in [5.41, 5.74) is 0.693. The summed E-state index contributed by atoms with van der Waals surface area (Å²) >= 11 is 1.29. The molecule has 2 amide bonds. The Labute approximate surface area is 184 Å². The van der Waals surface area contributed by atoms with E-state index in [1.165, 1.54) is 41.9 Å². The molecule has 1 aromatic heterocycles. The van der Waals surface area contributed by atoms with E-state index < -0.39 is 17.6 Å². The first kappa shape index (κ1) is 24.8. The highest BCUT2D eigenvalue weighted by molar-refractivity contribution is 7.99. The van der Waals surface area contributed by atoms with Gasteiger partial charge in [-0.2, -0.15) is 13.2 Å². The molecule has 0 saturated heterocycles. The lowest BCUT2D eigenvalue weighted by molar-refractivity contribution is -0.137. The van der Waals surface area contributed by atoms with Crippen LogP contribution in [0.15, 0.2) is 29.4 Å². The Bertz CT molecular complexity index is 928. The molecular formula is C21H27F3N4O2S. The quantitative estimate of drug-likeness (QED) is 0.564. The van der Waals surface area contributed by atoms with E-state index in [-0.39, 0.29) is 23.9 Å². The van der Waals surface area contributed by atoms with Crippen LogP contribution in [-0.4, -0.2) is 45.6 Å². The molecule has 1 N–H and O–H groups in total. The Balaban J connectivity index is 1.95. The van der Waals surface area contributed by atoms with Crippen LogP contribution in [0.1, 0.15) is 36.7 Å². The number of anilines is 1. The lowest BCUT2D eigenvalue weighted by atomic mass is 10.1. The van der Waals surface area contributed by atoms with Crippen molar-refractivity contribution >= 4 is 29.3 Å². The average molecular weight is 457 g/mol. The number of aryl methyl sites for hydroxylation is 1. The SMILES string of the molecule is CCCCn1c(SCC(=O)N(C)CC(=O)Nc2ccccc2C(F)(F)F)nc(C)c1C. The molecule has 0 fully saturated rings. The molecule has 0 aliphatic rings. The highest BCUT2D eigenvalue weighted by atomic mass is 32.2. The molecule has 0 aliphatic heterocycles. The van der Waals surface area contributed by atoms with Crippen LogP contribution in [0.4, 0.5) is 18.9 Å². The van der Waals surface area contributed by atoms with Crippen molar-refractivity contribution in [3.05, 3.63) is 41.2 Å². The first-order valence-corrected chi connectivity index (χ1v) is 10.9. The van der Waals surface area contributed by atoms with Gasteiger partial charge in [0.1, 0.15) is 0 Å². The fourth-order valence-electron chi connectivity index (χ4n) is 2.88. The van der Waals surface area contributed by atoms with Crippen LogP contribution in [-0.2, 0) is 22.3 Å². The van der Waals surface area contributed by atoms with Gasteiger partial charge in [-0.1, -0.05) is 37.2 Å². The minimum absolute atomic E-state index is 0.0743. The summed E-state index contributed by atoms with van der Waals surface area (Å²) in [4.78, 5) is 30.4. The van der Waals surface area contributed by atoms with Gasteiger partial charge >= 0.3 is 6.18 Å². The number of hydrogen-bond acceptors (Lipinski definition) is 4. The predicted molar refractivity (Wildman–Crippen MR) is 115 cm³/mol. The summed E-state index contributed by atoms with van der Waals surface area (Å²) in [6.45, 7) is 6.46. The van der Waals surface area contributed by atoms with Crippen LogP contribution < -0.4 is 5.32 Å². The molecule has 31 heavy (non-hydrogen) atoms. The van der Waals surface area contributed by atoms with Crippen LogP contribution in [0.2, 0.25) is 0 Å². The number of thioether (sulfide) groups is 1. The number of carbonyl (C=O) groups is 2. The number of imidazole rings is 1. The van der Waals surface area contributed by atoms with Gasteiger partial charge in [-0.15, -0.1) is 0 Å². The van der Waals surface area contributed by atoms with Gasteiger partial charge in [0, 0.05) is 19.3 Å². The molecule has 0 radical (unpaired) electrons. The third-order valence-corrected chi connectivity index (χ3v) is 5.76. The van der Waals surface area contributed by atoms with Crippen molar-refractivity contribution < 1.29 is 22.8 Å². The second-order valence-electron chi connectivity index (χ2n) is 7.20. The fraction of sp³-hybridized carbons (Fsp3) is 0.476. The van der Waals surface area contributed by atoms with Crippen LogP contribution in [0.3, 0.4) is 0 Å². The minimum atomic E-state index is -4.59. The van der Waals surface area contributed by atoms with E-state index in [1.807, 2.05) is 13.8 Å². The summed E-state index contributed by atoms with van der Waals surface area (Å²) in [5.74, 6) is -0.941. The summed E-state index contributed by atoms with van der Waals surface area (Å²) in [5, 5.41) is 2.99. The summed E-state index contributed by atoms with van der Waals surface area (Å²) in [6, 6.07) is 4.73. The molecule has 2 rings (SSSR count). The monoisotopic (exact) mass is 456 g/mol. The highest BCUT2D eigenvalue weighted by Crippen LogP contribution is 2.34. The molecule has 0 unspecified atom stereocenters. The number of nitrogens with one attached hydrogen (secondary N) is 1. The number of hydrogen-bond donors (Lipinski definition) is 1. The van der Waals surface area contributed by atoms with Gasteiger partial charge in [0.15, 0.2) is 5.16 Å². The van der Waals surface area contributed by atoms with Crippen LogP contribution in [0, 0.1) is 13.8 Å². The molecule has 2 aromatic rings. The van der Waals surface area contributed by atoms with Crippen molar-refractivity contribution in [1.82, 2.24) is 14.5 Å². The van der Waals surface area contributed by atoms with Gasteiger partial charge in [0.05, 0.1) is 29.2 Å². The number of likely N-dealkylation sites (N-methyl/N-ethyl adjacent to an activating group) is 1. The van der Waals surface area contributed by atoms with Crippen molar-refractivity contribution in [1.29, 1.82) is 0 Å². The first-order chi connectivity index (χ1) is 14.5. The Morgan fingerprint density at radius 1 is 1.23 bits per heavy atom. The maximum Gasteiger partial charge on any atom is 0.418 e. The molecule has 0 bridgehead atoms. The van der Waals surface area contributed by atoms with Gasteiger partial charge in [-0.3, -0.25) is 9.59 Å². The zero-order chi connectivity index (χ0) is 23.2. The molecule has 0 atom stereocenters. The van der Waals surface area contributed by atoms with Crippen LogP contribution in [0.5, 0.6) is 0 Å². The van der Waals surface area contributed by atoms with E-state index >= 15 is 0 Å². The number of benzene rings is 1. The molecule has 0 aliphatic carbocycles. The van der Waals surface area contributed by atoms with Gasteiger partial charge in [0.25, 0.3) is 0 Å². The molecular weight excluding hydrogens is 429 g/mol. The van der Waals surface area contributed by atoms with E-state index in [1.54, 1.807) is 0 Å². The summed E-state index contributed by atoms with van der Waals surface area (Å²) in [6.07, 6.45) is -2.55. The van der Waals surface area contributed by atoms with E-state index in [4.69, 9.17) is 0 Å². The van der Waals surface area contributed by atoms with Gasteiger partial charge in [0.2, 0.25) is 11.8 Å². The third-order valence-electron chi connectivity index (χ3n) is 4.80. The molecule has 0 saturated carbocycles. The number of nitrogens with zero attached hydrogens (tertiary/aromatic N) is 3. The summed E-state index contributed by atoms with van der Waals surface area (Å²) in [7, 11) is 1.44. The van der Waals surface area contributed by atoms with Crippen molar-refractivity contribution in [3.8, 4) is 0 Å². The topological polar surface area (TPSA) is 67.2 Å². The number of amides is 2. The smallest absolute Gasteiger partial charge is 0.336 e. The predicted octanol–water partition coefficient (Wildman–Crippen LogP) is 4.51. The number of para-hydroxylation sites is 1. The molecule has 6 nitrogen and oxygen atoms in total.